The van der Waals surface area contributed by atoms with Gasteiger partial charge in [0.05, 0.1) is 34.9 Å². The summed E-state index contributed by atoms with van der Waals surface area (Å²) in [6, 6.07) is 48.3. The molecule has 300 valence electrons. The molecule has 4 atom stereocenters. The first-order valence-electron chi connectivity index (χ1n) is 18.2. The molecular formula is C47H42Br2N2O6Pd. The predicted octanol–water partition coefficient (Wildman–Crippen LogP) is 4.57. The van der Waals surface area contributed by atoms with Crippen LogP contribution >= 0.6 is 0 Å². The molecule has 11 heteroatoms. The van der Waals surface area contributed by atoms with E-state index >= 15 is 0 Å². The van der Waals surface area contributed by atoms with Crippen LogP contribution in [-0.2, 0) is 29.9 Å². The first-order valence-corrected chi connectivity index (χ1v) is 18.2. The normalized spacial score (nSPS) is 17.8. The number of ether oxygens (including phenoxy) is 6. The van der Waals surface area contributed by atoms with Gasteiger partial charge in [0, 0.05) is 0 Å². The van der Waals surface area contributed by atoms with Gasteiger partial charge in [0.2, 0.25) is 0 Å². The zero-order valence-electron chi connectivity index (χ0n) is 32.3. The number of aliphatic imine (C=N–C) groups is 2. The maximum atomic E-state index is 6.76. The third kappa shape index (κ3) is 9.67. The summed E-state index contributed by atoms with van der Waals surface area (Å²) in [6.07, 6.45) is -0.492. The predicted molar refractivity (Wildman–Crippen MR) is 215 cm³/mol. The Morgan fingerprint density at radius 2 is 0.724 bits per heavy atom. The fraction of sp³-hybridized carbons (Fsp3) is 0.191. The second-order valence-corrected chi connectivity index (χ2v) is 13.5. The monoisotopic (exact) mass is 994 g/mol. The Labute approximate surface area is 374 Å². The molecule has 0 aliphatic carbocycles. The fourth-order valence-corrected chi connectivity index (χ4v) is 7.28. The first kappa shape index (κ1) is 44.2. The van der Waals surface area contributed by atoms with E-state index in [1.165, 1.54) is 0 Å². The van der Waals surface area contributed by atoms with Crippen molar-refractivity contribution in [2.45, 2.75) is 30.7 Å². The minimum atomic E-state index is -0.391. The number of methoxy groups -OCH3 is 4. The van der Waals surface area contributed by atoms with Crippen molar-refractivity contribution in [1.82, 2.24) is 0 Å². The van der Waals surface area contributed by atoms with Gasteiger partial charge in [-0.3, -0.25) is 0 Å². The van der Waals surface area contributed by atoms with Crippen molar-refractivity contribution in [2.24, 2.45) is 9.98 Å². The second kappa shape index (κ2) is 20.2. The third-order valence-electron chi connectivity index (χ3n) is 10.1. The number of hydrogen-bond donors (Lipinski definition) is 0. The summed E-state index contributed by atoms with van der Waals surface area (Å²) in [5, 5.41) is 0. The summed E-state index contributed by atoms with van der Waals surface area (Å²) in [5.41, 5.74) is 8.22. The number of nitrogens with zero attached hydrogens (tertiary/aromatic N) is 2. The molecule has 0 saturated heterocycles. The van der Waals surface area contributed by atoms with E-state index in [1.54, 1.807) is 28.4 Å². The van der Waals surface area contributed by atoms with Gasteiger partial charge >= 0.3 is 20.4 Å². The molecular weight excluding hydrogens is 955 g/mol. The molecule has 0 saturated carbocycles. The molecule has 8 nitrogen and oxygen atoms in total. The average molecular weight is 997 g/mol. The smallest absolute Gasteiger partial charge is 1.00 e. The second-order valence-electron chi connectivity index (χ2n) is 13.5. The van der Waals surface area contributed by atoms with E-state index < -0.39 is 12.2 Å². The van der Waals surface area contributed by atoms with Gasteiger partial charge in [-0.25, -0.2) is 9.98 Å². The molecule has 2 heterocycles. The minimum Gasteiger partial charge on any atom is -1.00 e. The van der Waals surface area contributed by atoms with E-state index in [0.29, 0.717) is 18.2 Å². The molecule has 2 aliphatic heterocycles. The third-order valence-corrected chi connectivity index (χ3v) is 10.1. The van der Waals surface area contributed by atoms with Crippen LogP contribution < -0.4 is 52.9 Å². The van der Waals surface area contributed by atoms with Gasteiger partial charge in [-0.2, -0.15) is 0 Å². The summed E-state index contributed by atoms with van der Waals surface area (Å²) in [7, 11) is 6.70. The van der Waals surface area contributed by atoms with Gasteiger partial charge in [-0.05, 0) is 105 Å². The van der Waals surface area contributed by atoms with Crippen molar-refractivity contribution in [3.8, 4) is 45.3 Å². The molecule has 0 spiro atoms. The van der Waals surface area contributed by atoms with Crippen molar-refractivity contribution >= 4 is 11.8 Å². The zero-order chi connectivity index (χ0) is 37.7. The Hall–Kier alpha value is -4.92. The van der Waals surface area contributed by atoms with Crippen LogP contribution in [0.25, 0.3) is 22.3 Å². The number of benzene rings is 6. The van der Waals surface area contributed by atoms with Crippen LogP contribution in [0.15, 0.2) is 156 Å². The van der Waals surface area contributed by atoms with Crippen LogP contribution in [0.4, 0.5) is 0 Å². The van der Waals surface area contributed by atoms with Crippen LogP contribution in [0, 0.1) is 0 Å². The van der Waals surface area contributed by atoms with Crippen molar-refractivity contribution in [2.75, 3.05) is 28.4 Å². The van der Waals surface area contributed by atoms with Gasteiger partial charge in [0.25, 0.3) is 0 Å². The SMILES string of the molecule is COc1cccc(-c2cccc([C@H]3N=C(CC4=N[C@H](c5cccc(-c6cccc(OC)c6)c5)C(c5cccc(OC)c5)O4)OC3c3cccc(OC)c3)c2)c1.[Br-].[Br-].[Pd+2]. The number of rotatable bonds is 12. The van der Waals surface area contributed by atoms with Crippen molar-refractivity contribution < 1.29 is 82.8 Å². The molecule has 8 rings (SSSR count). The van der Waals surface area contributed by atoms with Gasteiger partial charge in [-0.1, -0.05) is 84.9 Å². The summed E-state index contributed by atoms with van der Waals surface area (Å²) >= 11 is 0. The van der Waals surface area contributed by atoms with Crippen molar-refractivity contribution in [1.29, 1.82) is 0 Å². The zero-order valence-corrected chi connectivity index (χ0v) is 37.0. The molecule has 0 bridgehead atoms. The summed E-state index contributed by atoms with van der Waals surface area (Å²) < 4.78 is 35.7. The van der Waals surface area contributed by atoms with E-state index in [9.17, 15) is 0 Å². The van der Waals surface area contributed by atoms with E-state index in [-0.39, 0.29) is 66.5 Å². The molecule has 2 aliphatic rings. The van der Waals surface area contributed by atoms with Crippen LogP contribution in [0.1, 0.15) is 53.0 Å². The Morgan fingerprint density at radius 1 is 0.414 bits per heavy atom. The maximum absolute atomic E-state index is 6.76. The Balaban J connectivity index is 0.00000214. The number of halogens is 2. The molecule has 6 aromatic carbocycles. The standard InChI is InChI=1S/C47H42N2O6.2BrH.Pd/c1-50-38-19-7-13-32(25-38)30-11-5-15-34(23-30)44-46(36-17-9-21-40(27-36)52-3)54-42(48-44)29-43-49-45(47(55-43)37-18-10-22-41(28-37)53-4)35-16-6-12-31(24-35)33-14-8-20-39(26-33)51-2;;;/h5-28,44-47H,29H2,1-4H3;2*1H;/q;;;+2/p-2/t44-,45-,46?,47?;;;/m1.../s1. The summed E-state index contributed by atoms with van der Waals surface area (Å²) in [5.74, 6) is 4.22. The van der Waals surface area contributed by atoms with Gasteiger partial charge in [0.15, 0.2) is 24.0 Å². The van der Waals surface area contributed by atoms with Gasteiger partial charge < -0.3 is 62.4 Å². The Kier molecular flexibility index (Phi) is 15.4. The maximum Gasteiger partial charge on any atom is 2.00 e. The summed E-state index contributed by atoms with van der Waals surface area (Å²) in [4.78, 5) is 10.5. The van der Waals surface area contributed by atoms with Crippen molar-refractivity contribution in [3.63, 3.8) is 0 Å². The van der Waals surface area contributed by atoms with Crippen LogP contribution in [0.5, 0.6) is 23.0 Å². The molecule has 0 aromatic heterocycles. The topological polar surface area (TPSA) is 80.1 Å². The Bertz CT molecular complexity index is 2230. The van der Waals surface area contributed by atoms with Crippen LogP contribution in [0.2, 0.25) is 0 Å². The van der Waals surface area contributed by atoms with E-state index in [0.717, 1.165) is 67.5 Å². The molecule has 0 fully saturated rings. The Morgan fingerprint density at radius 3 is 1.10 bits per heavy atom. The van der Waals surface area contributed by atoms with E-state index in [1.807, 2.05) is 72.8 Å². The number of hydrogen-bond acceptors (Lipinski definition) is 8. The molecule has 2 unspecified atom stereocenters. The molecule has 0 N–H and O–H groups in total. The molecule has 6 aromatic rings. The van der Waals surface area contributed by atoms with Gasteiger partial charge in [-0.15, -0.1) is 0 Å². The van der Waals surface area contributed by atoms with Crippen LogP contribution in [-0.4, -0.2) is 40.2 Å². The summed E-state index contributed by atoms with van der Waals surface area (Å²) in [6.45, 7) is 0. The average Bonchev–Trinajstić information content (AvgIpc) is 3.89. The fourth-order valence-electron chi connectivity index (χ4n) is 7.28. The van der Waals surface area contributed by atoms with E-state index in [2.05, 4.69) is 72.8 Å². The quantitative estimate of drug-likeness (QED) is 0.168. The first-order chi connectivity index (χ1) is 27.0. The molecule has 0 radical (unpaired) electrons. The van der Waals surface area contributed by atoms with E-state index in [4.69, 9.17) is 38.4 Å². The van der Waals surface area contributed by atoms with Crippen LogP contribution in [0.3, 0.4) is 0 Å². The van der Waals surface area contributed by atoms with Gasteiger partial charge in [0.1, 0.15) is 35.1 Å². The minimum absolute atomic E-state index is 0. The largest absolute Gasteiger partial charge is 2.00 e. The molecule has 0 amide bonds. The van der Waals surface area contributed by atoms with Crippen molar-refractivity contribution in [3.05, 3.63) is 168 Å². The molecule has 58 heavy (non-hydrogen) atoms.